The van der Waals surface area contributed by atoms with E-state index in [4.69, 9.17) is 5.11 Å². The molecule has 0 fully saturated rings. The molecule has 0 atom stereocenters. The van der Waals surface area contributed by atoms with Gasteiger partial charge in [0.2, 0.25) is 0 Å². The number of carboxylic acids is 1. The van der Waals surface area contributed by atoms with Crippen LogP contribution in [-0.2, 0) is 17.8 Å². The van der Waals surface area contributed by atoms with Crippen molar-refractivity contribution in [2.45, 2.75) is 32.7 Å². The van der Waals surface area contributed by atoms with Gasteiger partial charge in [-0.1, -0.05) is 0 Å². The van der Waals surface area contributed by atoms with Gasteiger partial charge in [-0.3, -0.25) is 9.48 Å². The summed E-state index contributed by atoms with van der Waals surface area (Å²) >= 11 is 0. The lowest BCUT2D eigenvalue weighted by molar-refractivity contribution is -0.137. The van der Waals surface area contributed by atoms with E-state index in [9.17, 15) is 4.79 Å². The van der Waals surface area contributed by atoms with Crippen molar-refractivity contribution >= 4 is 5.97 Å². The van der Waals surface area contributed by atoms with Gasteiger partial charge >= 0.3 is 5.97 Å². The number of aromatic nitrogens is 3. The largest absolute Gasteiger partial charge is 0.481 e. The first-order valence-corrected chi connectivity index (χ1v) is 4.32. The highest BCUT2D eigenvalue weighted by Crippen LogP contribution is 2.01. The third-order valence-corrected chi connectivity index (χ3v) is 1.79. The normalized spacial score (nSPS) is 10.2. The number of carbonyl (C=O) groups is 1. The average molecular weight is 183 g/mol. The smallest absolute Gasteiger partial charge is 0.303 e. The van der Waals surface area contributed by atoms with Crippen LogP contribution in [-0.4, -0.2) is 25.8 Å². The van der Waals surface area contributed by atoms with Crippen LogP contribution in [0.1, 0.15) is 25.6 Å². The number of hydrogen-bond donors (Lipinski definition) is 1. The van der Waals surface area contributed by atoms with Gasteiger partial charge < -0.3 is 5.11 Å². The molecule has 5 heteroatoms. The highest BCUT2D eigenvalue weighted by atomic mass is 16.4. The van der Waals surface area contributed by atoms with Crippen LogP contribution < -0.4 is 0 Å². The highest BCUT2D eigenvalue weighted by Gasteiger charge is 2.03. The monoisotopic (exact) mass is 183 g/mol. The Bertz CT molecular complexity index is 283. The first-order valence-electron chi connectivity index (χ1n) is 4.32. The van der Waals surface area contributed by atoms with Crippen molar-refractivity contribution in [2.24, 2.45) is 0 Å². The molecule has 5 nitrogen and oxygen atoms in total. The average Bonchev–Trinajstić information content (AvgIpc) is 2.51. The SMILES string of the molecule is CCn1ncnc1CCCC(=O)O. The van der Waals surface area contributed by atoms with Crippen LogP contribution in [0.5, 0.6) is 0 Å². The number of aryl methyl sites for hydroxylation is 2. The minimum absolute atomic E-state index is 0.191. The van der Waals surface area contributed by atoms with Gasteiger partial charge in [0, 0.05) is 19.4 Å². The van der Waals surface area contributed by atoms with E-state index < -0.39 is 5.97 Å². The van der Waals surface area contributed by atoms with Crippen LogP contribution in [0.3, 0.4) is 0 Å². The zero-order chi connectivity index (χ0) is 9.68. The summed E-state index contributed by atoms with van der Waals surface area (Å²) in [6, 6.07) is 0. The highest BCUT2D eigenvalue weighted by molar-refractivity contribution is 5.66. The maximum Gasteiger partial charge on any atom is 0.303 e. The molecular weight excluding hydrogens is 170 g/mol. The molecular formula is C8H13N3O2. The maximum atomic E-state index is 10.2. The van der Waals surface area contributed by atoms with E-state index in [1.807, 2.05) is 6.92 Å². The summed E-state index contributed by atoms with van der Waals surface area (Å²) in [5.74, 6) is 0.103. The quantitative estimate of drug-likeness (QED) is 0.729. The van der Waals surface area contributed by atoms with Crippen LogP contribution in [0.25, 0.3) is 0 Å². The minimum atomic E-state index is -0.762. The molecule has 0 amide bonds. The maximum absolute atomic E-state index is 10.2. The van der Waals surface area contributed by atoms with E-state index in [2.05, 4.69) is 10.1 Å². The van der Waals surface area contributed by atoms with Gasteiger partial charge in [-0.2, -0.15) is 5.10 Å². The molecule has 1 aromatic heterocycles. The lowest BCUT2D eigenvalue weighted by Crippen LogP contribution is -2.04. The summed E-state index contributed by atoms with van der Waals surface area (Å²) in [5, 5.41) is 12.4. The van der Waals surface area contributed by atoms with Gasteiger partial charge in [0.15, 0.2) is 0 Å². The first-order chi connectivity index (χ1) is 6.24. The van der Waals surface area contributed by atoms with Crippen LogP contribution in [0.4, 0.5) is 0 Å². The molecule has 0 aliphatic carbocycles. The van der Waals surface area contributed by atoms with Gasteiger partial charge in [-0.25, -0.2) is 4.98 Å². The van der Waals surface area contributed by atoms with Crippen LogP contribution in [0.2, 0.25) is 0 Å². The Morgan fingerprint density at radius 3 is 3.08 bits per heavy atom. The lowest BCUT2D eigenvalue weighted by atomic mass is 10.2. The molecule has 13 heavy (non-hydrogen) atoms. The summed E-state index contributed by atoms with van der Waals surface area (Å²) in [4.78, 5) is 14.3. The van der Waals surface area contributed by atoms with Gasteiger partial charge in [0.1, 0.15) is 12.2 Å². The van der Waals surface area contributed by atoms with E-state index >= 15 is 0 Å². The second-order valence-electron chi connectivity index (χ2n) is 2.74. The van der Waals surface area contributed by atoms with Crippen molar-refractivity contribution in [3.05, 3.63) is 12.2 Å². The third-order valence-electron chi connectivity index (χ3n) is 1.79. The topological polar surface area (TPSA) is 68.0 Å². The van der Waals surface area contributed by atoms with Gasteiger partial charge in [-0.05, 0) is 13.3 Å². The lowest BCUT2D eigenvalue weighted by Gasteiger charge is -2.00. The van der Waals surface area contributed by atoms with E-state index in [0.29, 0.717) is 12.8 Å². The number of hydrogen-bond acceptors (Lipinski definition) is 3. The zero-order valence-corrected chi connectivity index (χ0v) is 7.60. The Morgan fingerprint density at radius 2 is 2.46 bits per heavy atom. The standard InChI is InChI=1S/C8H13N3O2/c1-2-11-7(9-6-10-11)4-3-5-8(12)13/h6H,2-5H2,1H3,(H,12,13). The molecule has 72 valence electrons. The van der Waals surface area contributed by atoms with Crippen LogP contribution in [0, 0.1) is 0 Å². The Hall–Kier alpha value is -1.39. The Morgan fingerprint density at radius 1 is 1.69 bits per heavy atom. The number of rotatable bonds is 5. The summed E-state index contributed by atoms with van der Waals surface area (Å²) < 4.78 is 1.78. The van der Waals surface area contributed by atoms with E-state index in [1.165, 1.54) is 6.33 Å². The van der Waals surface area contributed by atoms with E-state index in [-0.39, 0.29) is 6.42 Å². The molecule has 1 heterocycles. The second kappa shape index (κ2) is 4.59. The van der Waals surface area contributed by atoms with Gasteiger partial charge in [0.25, 0.3) is 0 Å². The molecule has 1 aromatic rings. The molecule has 0 aliphatic heterocycles. The number of carboxylic acid groups (broad SMARTS) is 1. The fraction of sp³-hybridized carbons (Fsp3) is 0.625. The van der Waals surface area contributed by atoms with E-state index in [0.717, 1.165) is 12.4 Å². The predicted molar refractivity (Wildman–Crippen MR) is 46.3 cm³/mol. The van der Waals surface area contributed by atoms with Crippen molar-refractivity contribution < 1.29 is 9.90 Å². The number of nitrogens with zero attached hydrogens (tertiary/aromatic N) is 3. The van der Waals surface area contributed by atoms with Crippen molar-refractivity contribution in [1.82, 2.24) is 14.8 Å². The van der Waals surface area contributed by atoms with E-state index in [1.54, 1.807) is 4.68 Å². The third kappa shape index (κ3) is 2.85. The predicted octanol–water partition coefficient (Wildman–Crippen LogP) is 0.705. The molecule has 0 bridgehead atoms. The first kappa shape index (κ1) is 9.70. The molecule has 0 spiro atoms. The number of aliphatic carboxylic acids is 1. The summed E-state index contributed by atoms with van der Waals surface area (Å²) in [6.07, 6.45) is 2.99. The fourth-order valence-electron chi connectivity index (χ4n) is 1.14. The Kier molecular flexibility index (Phi) is 3.42. The molecule has 0 radical (unpaired) electrons. The fourth-order valence-corrected chi connectivity index (χ4v) is 1.14. The summed E-state index contributed by atoms with van der Waals surface area (Å²) in [5.41, 5.74) is 0. The van der Waals surface area contributed by atoms with Crippen molar-refractivity contribution in [1.29, 1.82) is 0 Å². The molecule has 0 unspecified atom stereocenters. The molecule has 0 saturated heterocycles. The summed E-state index contributed by atoms with van der Waals surface area (Å²) in [6.45, 7) is 2.76. The van der Waals surface area contributed by atoms with Gasteiger partial charge in [0.05, 0.1) is 0 Å². The zero-order valence-electron chi connectivity index (χ0n) is 7.60. The van der Waals surface area contributed by atoms with Gasteiger partial charge in [-0.15, -0.1) is 0 Å². The van der Waals surface area contributed by atoms with Crippen molar-refractivity contribution in [2.75, 3.05) is 0 Å². The molecule has 0 aliphatic rings. The van der Waals surface area contributed by atoms with Crippen molar-refractivity contribution in [3.63, 3.8) is 0 Å². The van der Waals surface area contributed by atoms with Crippen molar-refractivity contribution in [3.8, 4) is 0 Å². The molecule has 1 rings (SSSR count). The van der Waals surface area contributed by atoms with Crippen LogP contribution >= 0.6 is 0 Å². The molecule has 0 saturated carbocycles. The second-order valence-corrected chi connectivity index (χ2v) is 2.74. The molecule has 0 aromatic carbocycles. The van der Waals surface area contributed by atoms with Crippen LogP contribution in [0.15, 0.2) is 6.33 Å². The summed E-state index contributed by atoms with van der Waals surface area (Å²) in [7, 11) is 0. The Balaban J connectivity index is 2.40. The Labute approximate surface area is 76.4 Å². The minimum Gasteiger partial charge on any atom is -0.481 e. The molecule has 1 N–H and O–H groups in total.